The summed E-state index contributed by atoms with van der Waals surface area (Å²) in [4.78, 5) is 9.36. The first kappa shape index (κ1) is 13.9. The van der Waals surface area contributed by atoms with Crippen molar-refractivity contribution in [1.29, 1.82) is 0 Å². The van der Waals surface area contributed by atoms with Gasteiger partial charge in [-0.15, -0.1) is 0 Å². The number of hydrogen-bond acceptors (Lipinski definition) is 2. The Morgan fingerprint density at radius 1 is 0.727 bits per heavy atom. The standard InChI is InChI=1S/C18H10Br2N2/c19-13-5-1-11(2-6-13)16-8-4-12-3-7-14-15(20)9-10-21-18(14)17(12)22-16/h1-10H. The van der Waals surface area contributed by atoms with Gasteiger partial charge in [-0.25, -0.2) is 4.98 Å². The lowest BCUT2D eigenvalue weighted by Gasteiger charge is -2.07. The molecule has 0 spiro atoms. The van der Waals surface area contributed by atoms with Crippen molar-refractivity contribution >= 4 is 53.7 Å². The van der Waals surface area contributed by atoms with Gasteiger partial charge in [0.05, 0.1) is 16.7 Å². The van der Waals surface area contributed by atoms with E-state index in [1.807, 2.05) is 18.2 Å². The second kappa shape index (κ2) is 5.45. The van der Waals surface area contributed by atoms with Crippen LogP contribution >= 0.6 is 31.9 Å². The van der Waals surface area contributed by atoms with E-state index in [0.29, 0.717) is 0 Å². The van der Waals surface area contributed by atoms with Gasteiger partial charge in [0.1, 0.15) is 0 Å². The lowest BCUT2D eigenvalue weighted by atomic mass is 10.1. The number of hydrogen-bond donors (Lipinski definition) is 0. The minimum Gasteiger partial charge on any atom is -0.254 e. The fraction of sp³-hybridized carbons (Fsp3) is 0. The first-order valence-electron chi connectivity index (χ1n) is 6.82. The zero-order valence-corrected chi connectivity index (χ0v) is 14.6. The molecule has 2 aromatic carbocycles. The Hall–Kier alpha value is -1.78. The van der Waals surface area contributed by atoms with E-state index in [2.05, 4.69) is 73.2 Å². The molecule has 4 rings (SSSR count). The van der Waals surface area contributed by atoms with Crippen LogP contribution in [0.4, 0.5) is 0 Å². The largest absolute Gasteiger partial charge is 0.254 e. The first-order valence-corrected chi connectivity index (χ1v) is 8.41. The summed E-state index contributed by atoms with van der Waals surface area (Å²) in [5.41, 5.74) is 3.90. The summed E-state index contributed by atoms with van der Waals surface area (Å²) in [5.74, 6) is 0. The molecular formula is C18H10Br2N2. The van der Waals surface area contributed by atoms with E-state index >= 15 is 0 Å². The smallest absolute Gasteiger partial charge is 0.0976 e. The molecule has 0 fully saturated rings. The topological polar surface area (TPSA) is 25.8 Å². The summed E-state index contributed by atoms with van der Waals surface area (Å²) in [7, 11) is 0. The second-order valence-electron chi connectivity index (χ2n) is 5.03. The molecule has 0 N–H and O–H groups in total. The maximum absolute atomic E-state index is 4.85. The van der Waals surface area contributed by atoms with E-state index < -0.39 is 0 Å². The van der Waals surface area contributed by atoms with Gasteiger partial charge in [0, 0.05) is 31.5 Å². The summed E-state index contributed by atoms with van der Waals surface area (Å²) in [5, 5.41) is 2.18. The number of halogens is 2. The predicted molar refractivity (Wildman–Crippen MR) is 97.9 cm³/mol. The van der Waals surface area contributed by atoms with Crippen molar-refractivity contribution < 1.29 is 0 Å². The summed E-state index contributed by atoms with van der Waals surface area (Å²) >= 11 is 7.04. The van der Waals surface area contributed by atoms with Gasteiger partial charge in [-0.2, -0.15) is 0 Å². The van der Waals surface area contributed by atoms with Crippen molar-refractivity contribution in [3.05, 3.63) is 69.7 Å². The van der Waals surface area contributed by atoms with Gasteiger partial charge >= 0.3 is 0 Å². The molecular weight excluding hydrogens is 404 g/mol. The van der Waals surface area contributed by atoms with Gasteiger partial charge in [0.15, 0.2) is 0 Å². The molecule has 0 saturated heterocycles. The normalized spacial score (nSPS) is 11.2. The van der Waals surface area contributed by atoms with Crippen LogP contribution in [-0.4, -0.2) is 9.97 Å². The minimum atomic E-state index is 0.922. The Labute approximate surface area is 144 Å². The molecule has 4 aromatic rings. The van der Waals surface area contributed by atoms with Crippen LogP contribution in [0, 0.1) is 0 Å². The third-order valence-electron chi connectivity index (χ3n) is 3.66. The molecule has 0 saturated carbocycles. The number of nitrogens with zero attached hydrogens (tertiary/aromatic N) is 2. The SMILES string of the molecule is Brc1ccc(-c2ccc3ccc4c(Br)ccnc4c3n2)cc1. The number of rotatable bonds is 1. The Bertz CT molecular complexity index is 995. The van der Waals surface area contributed by atoms with Gasteiger partial charge < -0.3 is 0 Å². The zero-order valence-electron chi connectivity index (χ0n) is 11.4. The van der Waals surface area contributed by atoms with Crippen LogP contribution in [0.5, 0.6) is 0 Å². The second-order valence-corrected chi connectivity index (χ2v) is 6.80. The number of pyridine rings is 2. The van der Waals surface area contributed by atoms with Gasteiger partial charge in [-0.3, -0.25) is 4.98 Å². The highest BCUT2D eigenvalue weighted by Crippen LogP contribution is 2.29. The van der Waals surface area contributed by atoms with E-state index in [-0.39, 0.29) is 0 Å². The van der Waals surface area contributed by atoms with Crippen molar-refractivity contribution in [2.75, 3.05) is 0 Å². The third-order valence-corrected chi connectivity index (χ3v) is 4.88. The van der Waals surface area contributed by atoms with E-state index in [9.17, 15) is 0 Å². The van der Waals surface area contributed by atoms with Crippen LogP contribution in [0.25, 0.3) is 33.1 Å². The molecule has 0 aliphatic carbocycles. The van der Waals surface area contributed by atoms with Gasteiger partial charge in [-0.05, 0) is 24.3 Å². The molecule has 2 aromatic heterocycles. The first-order chi connectivity index (χ1) is 10.7. The highest BCUT2D eigenvalue weighted by molar-refractivity contribution is 9.11. The van der Waals surface area contributed by atoms with Crippen molar-refractivity contribution in [2.24, 2.45) is 0 Å². The molecule has 0 atom stereocenters. The predicted octanol–water partition coefficient (Wildman–Crippen LogP) is 5.98. The molecule has 2 heterocycles. The summed E-state index contributed by atoms with van der Waals surface area (Å²) in [6.45, 7) is 0. The molecule has 106 valence electrons. The summed E-state index contributed by atoms with van der Waals surface area (Å²) < 4.78 is 2.10. The molecule has 2 nitrogen and oxygen atoms in total. The molecule has 0 aliphatic rings. The van der Waals surface area contributed by atoms with Crippen molar-refractivity contribution in [3.63, 3.8) is 0 Å². The molecule has 0 unspecified atom stereocenters. The van der Waals surface area contributed by atoms with Gasteiger partial charge in [-0.1, -0.05) is 62.2 Å². The molecule has 0 aliphatic heterocycles. The number of fused-ring (bicyclic) bond motifs is 3. The highest BCUT2D eigenvalue weighted by Gasteiger charge is 2.08. The lowest BCUT2D eigenvalue weighted by molar-refractivity contribution is 1.36. The van der Waals surface area contributed by atoms with Crippen molar-refractivity contribution in [3.8, 4) is 11.3 Å². The monoisotopic (exact) mass is 412 g/mol. The van der Waals surface area contributed by atoms with E-state index in [1.54, 1.807) is 6.20 Å². The molecule has 4 heteroatoms. The average Bonchev–Trinajstić information content (AvgIpc) is 2.55. The summed E-state index contributed by atoms with van der Waals surface area (Å²) in [6, 6.07) is 18.4. The van der Waals surface area contributed by atoms with E-state index in [1.165, 1.54) is 0 Å². The fourth-order valence-electron chi connectivity index (χ4n) is 2.55. The Morgan fingerprint density at radius 2 is 1.50 bits per heavy atom. The van der Waals surface area contributed by atoms with Gasteiger partial charge in [0.25, 0.3) is 0 Å². The Morgan fingerprint density at radius 3 is 2.32 bits per heavy atom. The van der Waals surface area contributed by atoms with Crippen LogP contribution in [-0.2, 0) is 0 Å². The van der Waals surface area contributed by atoms with E-state index in [0.717, 1.165) is 42.0 Å². The van der Waals surface area contributed by atoms with Crippen LogP contribution in [0.15, 0.2) is 69.7 Å². The fourth-order valence-corrected chi connectivity index (χ4v) is 3.25. The Kier molecular flexibility index (Phi) is 3.43. The molecule has 0 radical (unpaired) electrons. The van der Waals surface area contributed by atoms with E-state index in [4.69, 9.17) is 4.98 Å². The maximum Gasteiger partial charge on any atom is 0.0976 e. The van der Waals surface area contributed by atoms with Crippen LogP contribution < -0.4 is 0 Å². The number of aromatic nitrogens is 2. The third kappa shape index (κ3) is 2.32. The minimum absolute atomic E-state index is 0.922. The maximum atomic E-state index is 4.85. The van der Waals surface area contributed by atoms with Crippen molar-refractivity contribution in [1.82, 2.24) is 9.97 Å². The summed E-state index contributed by atoms with van der Waals surface area (Å²) in [6.07, 6.45) is 1.81. The zero-order chi connectivity index (χ0) is 15.1. The van der Waals surface area contributed by atoms with Gasteiger partial charge in [0.2, 0.25) is 0 Å². The molecule has 0 amide bonds. The quantitative estimate of drug-likeness (QED) is 0.359. The van der Waals surface area contributed by atoms with Crippen LogP contribution in [0.3, 0.4) is 0 Å². The molecule has 22 heavy (non-hydrogen) atoms. The average molecular weight is 414 g/mol. The lowest BCUT2D eigenvalue weighted by Crippen LogP contribution is -1.89. The Balaban J connectivity index is 2.01. The molecule has 0 bridgehead atoms. The van der Waals surface area contributed by atoms with Crippen LogP contribution in [0.2, 0.25) is 0 Å². The van der Waals surface area contributed by atoms with Crippen molar-refractivity contribution in [2.45, 2.75) is 0 Å². The highest BCUT2D eigenvalue weighted by atomic mass is 79.9. The van der Waals surface area contributed by atoms with Crippen LogP contribution in [0.1, 0.15) is 0 Å². The number of benzene rings is 2.